The molecular formula is C48H46F2N12O6. The number of nitrogen functional groups attached to an aromatic ring is 2. The molecule has 18 nitrogen and oxygen atoms in total. The van der Waals surface area contributed by atoms with Gasteiger partial charge in [-0.1, -0.05) is 0 Å². The molecule has 2 fully saturated rings. The van der Waals surface area contributed by atoms with E-state index in [0.29, 0.717) is 96.4 Å². The van der Waals surface area contributed by atoms with Crippen LogP contribution in [0, 0.1) is 59.0 Å². The zero-order chi connectivity index (χ0) is 48.1. The summed E-state index contributed by atoms with van der Waals surface area (Å²) in [5, 5.41) is 31.9. The predicted molar refractivity (Wildman–Crippen MR) is 250 cm³/mol. The summed E-state index contributed by atoms with van der Waals surface area (Å²) in [4.78, 5) is 41.5. The van der Waals surface area contributed by atoms with Crippen LogP contribution in [0.3, 0.4) is 0 Å². The van der Waals surface area contributed by atoms with Crippen LogP contribution in [0.4, 0.5) is 52.8 Å². The molecule has 0 radical (unpaired) electrons. The Labute approximate surface area is 388 Å². The molecule has 2 saturated carbocycles. The number of anilines is 6. The normalized spacial score (nSPS) is 20.8. The van der Waals surface area contributed by atoms with Crippen molar-refractivity contribution in [1.82, 2.24) is 19.9 Å². The number of hydrogen-bond acceptors (Lipinski definition) is 16. The van der Waals surface area contributed by atoms with Crippen molar-refractivity contribution < 1.29 is 37.3 Å². The van der Waals surface area contributed by atoms with E-state index in [1.807, 2.05) is 27.7 Å². The Bertz CT molecular complexity index is 2940. The Morgan fingerprint density at radius 3 is 1.46 bits per heavy atom. The highest BCUT2D eigenvalue weighted by Crippen LogP contribution is 2.44. The Morgan fingerprint density at radius 1 is 0.676 bits per heavy atom. The number of carbonyl (C=O) groups is 2. The monoisotopic (exact) mass is 924 g/mol. The summed E-state index contributed by atoms with van der Waals surface area (Å²) in [6, 6.07) is 11.0. The SMILES string of the molecule is Cc1c(-c2cc3cc(NC(=O)OC4CC(C)(C#N)C4)ncc3c(N)c2F)cnc2c1NCCO2.Cc1c(-c2cc3cc(NC(=O)OC4CC(C)(C#N)C4)ncc3c(N)c2F)cnc2c1NCCO2. The average Bonchev–Trinajstić information content (AvgIpc) is 3.31. The number of aromatic nitrogens is 4. The third kappa shape index (κ3) is 8.52. The highest BCUT2D eigenvalue weighted by molar-refractivity contribution is 6.01. The van der Waals surface area contributed by atoms with Crippen LogP contribution < -0.4 is 42.2 Å². The quantitative estimate of drug-likeness (QED) is 0.0852. The number of ether oxygens (including phenoxy) is 4. The number of carbonyl (C=O) groups excluding carboxylic acids is 2. The Balaban J connectivity index is 0.000000170. The van der Waals surface area contributed by atoms with Crippen molar-refractivity contribution in [3.63, 3.8) is 0 Å². The topological polar surface area (TPSA) is 270 Å². The number of nitrogens with one attached hydrogen (secondary N) is 4. The maximum atomic E-state index is 15.3. The Morgan fingerprint density at radius 2 is 1.07 bits per heavy atom. The molecule has 8 N–H and O–H groups in total. The fourth-order valence-corrected chi connectivity index (χ4v) is 8.92. The maximum absolute atomic E-state index is 15.3. The molecular weight excluding hydrogens is 879 g/mol. The summed E-state index contributed by atoms with van der Waals surface area (Å²) in [5.41, 5.74) is 16.0. The van der Waals surface area contributed by atoms with Crippen molar-refractivity contribution >= 4 is 68.1 Å². The first-order valence-electron chi connectivity index (χ1n) is 21.8. The van der Waals surface area contributed by atoms with Gasteiger partial charge in [-0.3, -0.25) is 10.6 Å². The number of nitriles is 2. The second kappa shape index (κ2) is 17.5. The van der Waals surface area contributed by atoms with Crippen LogP contribution in [0.25, 0.3) is 43.8 Å². The molecule has 2 aliphatic carbocycles. The molecule has 68 heavy (non-hydrogen) atoms. The van der Waals surface area contributed by atoms with Crippen LogP contribution >= 0.6 is 0 Å². The smallest absolute Gasteiger partial charge is 0.413 e. The lowest BCUT2D eigenvalue weighted by Crippen LogP contribution is -2.41. The number of fused-ring (bicyclic) bond motifs is 4. The van der Waals surface area contributed by atoms with Gasteiger partial charge in [0.1, 0.15) is 48.4 Å². The number of nitrogens with zero attached hydrogens (tertiary/aromatic N) is 6. The second-order valence-electron chi connectivity index (χ2n) is 17.9. The van der Waals surface area contributed by atoms with Crippen molar-refractivity contribution in [3.8, 4) is 46.2 Å². The number of hydrogen-bond donors (Lipinski definition) is 6. The zero-order valence-corrected chi connectivity index (χ0v) is 37.5. The largest absolute Gasteiger partial charge is 0.474 e. The standard InChI is InChI=1S/2C24H23FN6O3/c2*1-12-16(9-30-22-21(12)28-3-4-33-22)15-5-13-6-18(29-10-17(13)20(27)19(15)25)31-23(32)34-14-7-24(2,8-14)11-26/h2*5-6,9-10,14,28H,3-4,7-8,27H2,1-2H3,(H,29,31,32). The number of pyridine rings is 4. The zero-order valence-electron chi connectivity index (χ0n) is 37.5. The molecule has 20 heteroatoms. The fourth-order valence-electron chi connectivity index (χ4n) is 8.92. The predicted octanol–water partition coefficient (Wildman–Crippen LogP) is 8.74. The van der Waals surface area contributed by atoms with Crippen LogP contribution in [-0.2, 0) is 9.47 Å². The van der Waals surface area contributed by atoms with Gasteiger partial charge in [-0.25, -0.2) is 38.3 Å². The van der Waals surface area contributed by atoms with Gasteiger partial charge in [0.05, 0.1) is 34.3 Å². The molecule has 2 amide bonds. The number of rotatable bonds is 6. The first kappa shape index (κ1) is 44.9. The average molecular weight is 925 g/mol. The molecule has 4 aliphatic rings. The van der Waals surface area contributed by atoms with Crippen molar-refractivity contribution in [2.24, 2.45) is 10.8 Å². The lowest BCUT2D eigenvalue weighted by Gasteiger charge is -2.38. The molecule has 2 aromatic carbocycles. The van der Waals surface area contributed by atoms with Crippen LogP contribution in [0.15, 0.2) is 49.1 Å². The fraction of sp³-hybridized carbons (Fsp3) is 0.333. The third-order valence-electron chi connectivity index (χ3n) is 12.7. The maximum Gasteiger partial charge on any atom is 0.413 e. The molecule has 348 valence electrons. The van der Waals surface area contributed by atoms with E-state index in [2.05, 4.69) is 53.3 Å². The minimum absolute atomic E-state index is 0.0410. The van der Waals surface area contributed by atoms with Crippen molar-refractivity contribution in [2.75, 3.05) is 59.0 Å². The highest BCUT2D eigenvalue weighted by atomic mass is 19.1. The van der Waals surface area contributed by atoms with E-state index in [4.69, 9.17) is 40.9 Å². The number of halogens is 2. The van der Waals surface area contributed by atoms with Crippen molar-refractivity contribution in [3.05, 3.63) is 71.8 Å². The van der Waals surface area contributed by atoms with Gasteiger partial charge in [0.15, 0.2) is 11.6 Å². The summed E-state index contributed by atoms with van der Waals surface area (Å²) in [6.45, 7) is 9.69. The molecule has 4 aromatic heterocycles. The number of nitrogens with two attached hydrogens (primary N) is 2. The molecule has 0 atom stereocenters. The molecule has 0 bridgehead atoms. The van der Waals surface area contributed by atoms with Crippen LogP contribution in [0.5, 0.6) is 11.8 Å². The molecule has 0 spiro atoms. The summed E-state index contributed by atoms with van der Waals surface area (Å²) in [6.07, 6.45) is 6.01. The van der Waals surface area contributed by atoms with Gasteiger partial charge in [0, 0.05) is 96.6 Å². The van der Waals surface area contributed by atoms with Crippen LogP contribution in [0.1, 0.15) is 50.7 Å². The van der Waals surface area contributed by atoms with Crippen molar-refractivity contribution in [1.29, 1.82) is 10.5 Å². The minimum Gasteiger partial charge on any atom is -0.474 e. The van der Waals surface area contributed by atoms with Gasteiger partial charge >= 0.3 is 12.2 Å². The Hall–Kier alpha value is -8.26. The molecule has 6 heterocycles. The van der Waals surface area contributed by atoms with Crippen LogP contribution in [-0.4, -0.2) is 70.6 Å². The highest BCUT2D eigenvalue weighted by Gasteiger charge is 2.44. The van der Waals surface area contributed by atoms with E-state index >= 15 is 8.78 Å². The van der Waals surface area contributed by atoms with Crippen molar-refractivity contribution in [2.45, 2.75) is 65.6 Å². The molecule has 6 aromatic rings. The molecule has 10 rings (SSSR count). The van der Waals surface area contributed by atoms with E-state index in [0.717, 1.165) is 22.5 Å². The lowest BCUT2D eigenvalue weighted by molar-refractivity contribution is 0.000734. The first-order chi connectivity index (χ1) is 32.6. The van der Waals surface area contributed by atoms with E-state index in [1.165, 1.54) is 12.4 Å². The minimum atomic E-state index is -0.659. The van der Waals surface area contributed by atoms with Crippen LogP contribution in [0.2, 0.25) is 0 Å². The molecule has 0 unspecified atom stereocenters. The third-order valence-corrected chi connectivity index (χ3v) is 12.7. The Kier molecular flexibility index (Phi) is 11.6. The summed E-state index contributed by atoms with van der Waals surface area (Å²) >= 11 is 0. The van der Waals surface area contributed by atoms with Gasteiger partial charge in [-0.2, -0.15) is 10.5 Å². The van der Waals surface area contributed by atoms with Gasteiger partial charge in [-0.05, 0) is 73.9 Å². The molecule has 2 aliphatic heterocycles. The summed E-state index contributed by atoms with van der Waals surface area (Å²) in [7, 11) is 0. The summed E-state index contributed by atoms with van der Waals surface area (Å²) in [5.74, 6) is 0.317. The van der Waals surface area contributed by atoms with E-state index in [1.54, 1.807) is 36.7 Å². The van der Waals surface area contributed by atoms with E-state index in [9.17, 15) is 9.59 Å². The van der Waals surface area contributed by atoms with Gasteiger partial charge in [-0.15, -0.1) is 0 Å². The first-order valence-corrected chi connectivity index (χ1v) is 21.8. The van der Waals surface area contributed by atoms with E-state index < -0.39 is 34.7 Å². The number of benzene rings is 2. The number of amides is 2. The second-order valence-corrected chi connectivity index (χ2v) is 17.9. The van der Waals surface area contributed by atoms with E-state index in [-0.39, 0.29) is 46.3 Å². The van der Waals surface area contributed by atoms with Gasteiger partial charge in [0.2, 0.25) is 11.8 Å². The summed E-state index contributed by atoms with van der Waals surface area (Å²) < 4.78 is 52.4. The van der Waals surface area contributed by atoms with Gasteiger partial charge in [0.25, 0.3) is 0 Å². The lowest BCUT2D eigenvalue weighted by atomic mass is 9.69. The molecule has 0 saturated heterocycles. The van der Waals surface area contributed by atoms with Gasteiger partial charge < -0.3 is 41.0 Å².